The van der Waals surface area contributed by atoms with Crippen LogP contribution >= 0.6 is 22.9 Å². The summed E-state index contributed by atoms with van der Waals surface area (Å²) in [6, 6.07) is 1.81. The van der Waals surface area contributed by atoms with Gasteiger partial charge in [-0.25, -0.2) is 0 Å². The number of rotatable bonds is 4. The van der Waals surface area contributed by atoms with Gasteiger partial charge in [0.1, 0.15) is 0 Å². The molecule has 1 atom stereocenters. The smallest absolute Gasteiger partial charge is 0.0986 e. The third kappa shape index (κ3) is 2.68. The van der Waals surface area contributed by atoms with Crippen LogP contribution in [-0.4, -0.2) is 18.7 Å². The molecule has 1 aromatic rings. The number of hydrogen-bond donors (Lipinski definition) is 2. The van der Waals surface area contributed by atoms with Crippen LogP contribution in [-0.2, 0) is 5.60 Å². The van der Waals surface area contributed by atoms with Crippen LogP contribution in [0.25, 0.3) is 0 Å². The van der Waals surface area contributed by atoms with E-state index in [-0.39, 0.29) is 0 Å². The fourth-order valence-corrected chi connectivity index (χ4v) is 2.51. The zero-order valence-electron chi connectivity index (χ0n) is 7.80. The molecule has 0 aliphatic heterocycles. The van der Waals surface area contributed by atoms with Crippen LogP contribution in [0.2, 0.25) is 5.02 Å². The van der Waals surface area contributed by atoms with E-state index in [9.17, 15) is 5.11 Å². The molecule has 0 aromatic carbocycles. The summed E-state index contributed by atoms with van der Waals surface area (Å²) in [5, 5.41) is 15.6. The second kappa shape index (κ2) is 4.42. The zero-order valence-corrected chi connectivity index (χ0v) is 9.37. The van der Waals surface area contributed by atoms with Gasteiger partial charge in [0.25, 0.3) is 0 Å². The SMILES string of the molecule is CNCCC(C)(O)c1sccc1Cl. The maximum atomic E-state index is 10.1. The van der Waals surface area contributed by atoms with Gasteiger partial charge in [-0.05, 0) is 38.4 Å². The van der Waals surface area contributed by atoms with Crippen molar-refractivity contribution >= 4 is 22.9 Å². The Kier molecular flexibility index (Phi) is 3.74. The summed E-state index contributed by atoms with van der Waals surface area (Å²) in [5.74, 6) is 0. The predicted octanol–water partition coefficient (Wildman–Crippen LogP) is 2.22. The van der Waals surface area contributed by atoms with E-state index in [4.69, 9.17) is 11.6 Å². The Morgan fingerprint density at radius 1 is 1.69 bits per heavy atom. The highest BCUT2D eigenvalue weighted by Crippen LogP contribution is 2.34. The first-order valence-corrected chi connectivity index (χ1v) is 5.44. The standard InChI is InChI=1S/C9H14ClNOS/c1-9(12,4-5-11-2)8-7(10)3-6-13-8/h3,6,11-12H,4-5H2,1-2H3. The molecular weight excluding hydrogens is 206 g/mol. The molecule has 1 unspecified atom stereocenters. The topological polar surface area (TPSA) is 32.3 Å². The van der Waals surface area contributed by atoms with Crippen molar-refractivity contribution in [2.45, 2.75) is 18.9 Å². The van der Waals surface area contributed by atoms with Crippen LogP contribution in [0.1, 0.15) is 18.2 Å². The highest BCUT2D eigenvalue weighted by atomic mass is 35.5. The number of halogens is 1. The van der Waals surface area contributed by atoms with E-state index in [1.807, 2.05) is 18.5 Å². The van der Waals surface area contributed by atoms with E-state index in [2.05, 4.69) is 5.32 Å². The first kappa shape index (κ1) is 11.0. The Balaban J connectivity index is 2.74. The number of aliphatic hydroxyl groups is 1. The van der Waals surface area contributed by atoms with Crippen molar-refractivity contribution in [2.75, 3.05) is 13.6 Å². The summed E-state index contributed by atoms with van der Waals surface area (Å²) in [6.07, 6.45) is 0.670. The molecular formula is C9H14ClNOS. The van der Waals surface area contributed by atoms with Gasteiger partial charge in [-0.1, -0.05) is 11.6 Å². The maximum absolute atomic E-state index is 10.1. The van der Waals surface area contributed by atoms with Crippen molar-refractivity contribution in [1.82, 2.24) is 5.32 Å². The Morgan fingerprint density at radius 2 is 2.38 bits per heavy atom. The van der Waals surface area contributed by atoms with Crippen LogP contribution in [0.4, 0.5) is 0 Å². The van der Waals surface area contributed by atoms with E-state index in [1.165, 1.54) is 11.3 Å². The molecule has 1 heterocycles. The van der Waals surface area contributed by atoms with Crippen molar-refractivity contribution in [2.24, 2.45) is 0 Å². The largest absolute Gasteiger partial charge is 0.385 e. The molecule has 2 N–H and O–H groups in total. The van der Waals surface area contributed by atoms with Crippen molar-refractivity contribution in [1.29, 1.82) is 0 Å². The third-order valence-electron chi connectivity index (χ3n) is 1.97. The fraction of sp³-hybridized carbons (Fsp3) is 0.556. The van der Waals surface area contributed by atoms with Gasteiger partial charge in [-0.3, -0.25) is 0 Å². The quantitative estimate of drug-likeness (QED) is 0.814. The van der Waals surface area contributed by atoms with Gasteiger partial charge in [0.2, 0.25) is 0 Å². The van der Waals surface area contributed by atoms with Gasteiger partial charge < -0.3 is 10.4 Å². The molecule has 0 bridgehead atoms. The summed E-state index contributed by atoms with van der Waals surface area (Å²) in [7, 11) is 1.87. The Hall–Kier alpha value is -0.0900. The number of hydrogen-bond acceptors (Lipinski definition) is 3. The first-order chi connectivity index (χ1) is 6.08. The summed E-state index contributed by atoms with van der Waals surface area (Å²) >= 11 is 7.43. The molecule has 0 aliphatic carbocycles. The number of nitrogens with one attached hydrogen (secondary N) is 1. The number of thiophene rings is 1. The molecule has 0 spiro atoms. The zero-order chi connectivity index (χ0) is 9.90. The summed E-state index contributed by atoms with van der Waals surface area (Å²) in [5.41, 5.74) is -0.811. The molecule has 2 nitrogen and oxygen atoms in total. The molecule has 1 aromatic heterocycles. The monoisotopic (exact) mass is 219 g/mol. The lowest BCUT2D eigenvalue weighted by Crippen LogP contribution is -2.25. The van der Waals surface area contributed by atoms with E-state index >= 15 is 0 Å². The average Bonchev–Trinajstić information content (AvgIpc) is 2.48. The van der Waals surface area contributed by atoms with Gasteiger partial charge in [0.15, 0.2) is 0 Å². The van der Waals surface area contributed by atoms with Crippen LogP contribution < -0.4 is 5.32 Å². The minimum Gasteiger partial charge on any atom is -0.385 e. The molecule has 0 saturated carbocycles. The van der Waals surface area contributed by atoms with Crippen molar-refractivity contribution in [3.63, 3.8) is 0 Å². The average molecular weight is 220 g/mol. The van der Waals surface area contributed by atoms with E-state index in [0.29, 0.717) is 11.4 Å². The van der Waals surface area contributed by atoms with Gasteiger partial charge >= 0.3 is 0 Å². The molecule has 4 heteroatoms. The van der Waals surface area contributed by atoms with Gasteiger partial charge in [-0.15, -0.1) is 11.3 Å². The summed E-state index contributed by atoms with van der Waals surface area (Å²) in [4.78, 5) is 0.851. The molecule has 0 saturated heterocycles. The van der Waals surface area contributed by atoms with E-state index in [1.54, 1.807) is 6.92 Å². The molecule has 0 radical (unpaired) electrons. The van der Waals surface area contributed by atoms with Gasteiger partial charge in [0.05, 0.1) is 15.5 Å². The second-order valence-electron chi connectivity index (χ2n) is 3.23. The highest BCUT2D eigenvalue weighted by Gasteiger charge is 2.26. The molecule has 13 heavy (non-hydrogen) atoms. The minimum absolute atomic E-state index is 0.658. The summed E-state index contributed by atoms with van der Waals surface area (Å²) in [6.45, 7) is 2.57. The Labute approximate surface area is 87.5 Å². The molecule has 74 valence electrons. The van der Waals surface area contributed by atoms with Gasteiger partial charge in [0, 0.05) is 0 Å². The van der Waals surface area contributed by atoms with Gasteiger partial charge in [-0.2, -0.15) is 0 Å². The third-order valence-corrected chi connectivity index (χ3v) is 3.56. The van der Waals surface area contributed by atoms with Crippen molar-refractivity contribution < 1.29 is 5.11 Å². The van der Waals surface area contributed by atoms with Crippen molar-refractivity contribution in [3.8, 4) is 0 Å². The van der Waals surface area contributed by atoms with Crippen LogP contribution in [0.15, 0.2) is 11.4 Å². The van der Waals surface area contributed by atoms with Crippen LogP contribution in [0.3, 0.4) is 0 Å². The minimum atomic E-state index is -0.811. The molecule has 0 fully saturated rings. The Morgan fingerprint density at radius 3 is 2.85 bits per heavy atom. The second-order valence-corrected chi connectivity index (χ2v) is 4.55. The lowest BCUT2D eigenvalue weighted by Gasteiger charge is -2.22. The molecule has 1 rings (SSSR count). The fourth-order valence-electron chi connectivity index (χ4n) is 1.16. The highest BCUT2D eigenvalue weighted by molar-refractivity contribution is 7.10. The lowest BCUT2D eigenvalue weighted by molar-refractivity contribution is 0.0524. The maximum Gasteiger partial charge on any atom is 0.0986 e. The summed E-state index contributed by atoms with van der Waals surface area (Å²) < 4.78 is 0. The van der Waals surface area contributed by atoms with Crippen LogP contribution in [0, 0.1) is 0 Å². The lowest BCUT2D eigenvalue weighted by atomic mass is 10.0. The van der Waals surface area contributed by atoms with E-state index in [0.717, 1.165) is 11.4 Å². The Bertz CT molecular complexity index is 272. The van der Waals surface area contributed by atoms with Crippen molar-refractivity contribution in [3.05, 3.63) is 21.3 Å². The first-order valence-electron chi connectivity index (χ1n) is 4.18. The van der Waals surface area contributed by atoms with Crippen LogP contribution in [0.5, 0.6) is 0 Å². The predicted molar refractivity (Wildman–Crippen MR) is 57.4 cm³/mol. The van der Waals surface area contributed by atoms with E-state index < -0.39 is 5.60 Å². The molecule has 0 amide bonds. The molecule has 0 aliphatic rings. The normalized spacial score (nSPS) is 15.7.